The quantitative estimate of drug-likeness (QED) is 0.285. The maximum Gasteiger partial charge on any atom is 0.408 e. The van der Waals surface area contributed by atoms with Crippen molar-refractivity contribution in [3.8, 4) is 22.3 Å². The molecule has 2 aromatic heterocycles. The van der Waals surface area contributed by atoms with Crippen molar-refractivity contribution in [2.45, 2.75) is 0 Å². The fourth-order valence-electron chi connectivity index (χ4n) is 5.78. The van der Waals surface area contributed by atoms with Crippen molar-refractivity contribution >= 4 is 44.9 Å². The molecular formula is C26H19BN2+2. The third kappa shape index (κ3) is 1.75. The molecule has 0 radical (unpaired) electrons. The summed E-state index contributed by atoms with van der Waals surface area (Å²) in [6.07, 6.45) is 4.44. The number of hydrogen-bond donors (Lipinski definition) is 0. The van der Waals surface area contributed by atoms with Gasteiger partial charge in [-0.25, -0.2) is 9.13 Å². The van der Waals surface area contributed by atoms with Crippen LogP contribution in [-0.4, -0.2) is 6.71 Å². The minimum absolute atomic E-state index is 0.230. The Hall–Kier alpha value is -3.46. The zero-order chi connectivity index (χ0) is 19.3. The van der Waals surface area contributed by atoms with E-state index in [-0.39, 0.29) is 6.71 Å². The highest BCUT2D eigenvalue weighted by molar-refractivity contribution is 6.99. The molecule has 0 spiro atoms. The largest absolute Gasteiger partial charge is 0.408 e. The normalized spacial score (nSPS) is 13.1. The molecule has 134 valence electrons. The molecule has 0 saturated heterocycles. The van der Waals surface area contributed by atoms with Gasteiger partial charge in [-0.1, -0.05) is 54.6 Å². The monoisotopic (exact) mass is 370 g/mol. The number of aryl methyl sites for hydroxylation is 2. The third-order valence-corrected chi connectivity index (χ3v) is 6.94. The number of fused-ring (bicyclic) bond motifs is 4. The number of rotatable bonds is 0. The summed E-state index contributed by atoms with van der Waals surface area (Å²) in [5.41, 5.74) is 9.72. The molecule has 2 aliphatic rings. The predicted molar refractivity (Wildman–Crippen MR) is 119 cm³/mol. The van der Waals surface area contributed by atoms with Crippen LogP contribution < -0.4 is 25.8 Å². The molecule has 29 heavy (non-hydrogen) atoms. The Kier molecular flexibility index (Phi) is 2.73. The highest BCUT2D eigenvalue weighted by atomic mass is 14.9. The second-order valence-electron chi connectivity index (χ2n) is 8.36. The minimum atomic E-state index is 0.230. The zero-order valence-electron chi connectivity index (χ0n) is 16.5. The summed E-state index contributed by atoms with van der Waals surface area (Å²) in [6, 6.07) is 24.8. The van der Waals surface area contributed by atoms with Crippen molar-refractivity contribution in [3.63, 3.8) is 0 Å². The molecule has 2 nitrogen and oxygen atoms in total. The molecule has 7 rings (SSSR count). The highest BCUT2D eigenvalue weighted by Crippen LogP contribution is 2.37. The highest BCUT2D eigenvalue weighted by Gasteiger charge is 2.48. The average Bonchev–Trinajstić information content (AvgIpc) is 2.76. The Bertz CT molecular complexity index is 1420. The second kappa shape index (κ2) is 5.12. The lowest BCUT2D eigenvalue weighted by Crippen LogP contribution is -2.73. The van der Waals surface area contributed by atoms with Crippen LogP contribution in [0.4, 0.5) is 0 Å². The smallest absolute Gasteiger partial charge is 0.213 e. The summed E-state index contributed by atoms with van der Waals surface area (Å²) >= 11 is 0. The molecule has 0 N–H and O–H groups in total. The van der Waals surface area contributed by atoms with E-state index in [0.717, 1.165) is 0 Å². The van der Waals surface area contributed by atoms with Crippen LogP contribution in [0, 0.1) is 0 Å². The standard InChI is InChI=1S/C26H19BN2/c1-28-14-12-16-6-3-8-18-20-10-5-11-21-19-9-4-7-17-13-15-29(2)26(23(17)19)27(24(20)21)25(28)22(16)18/h3-15H,1-2H3/q+2. The third-order valence-electron chi connectivity index (χ3n) is 6.94. The molecule has 3 aromatic carbocycles. The van der Waals surface area contributed by atoms with Crippen LogP contribution >= 0.6 is 0 Å². The van der Waals surface area contributed by atoms with Gasteiger partial charge in [0.05, 0.1) is 0 Å². The van der Waals surface area contributed by atoms with Gasteiger partial charge in [-0.05, 0) is 38.5 Å². The lowest BCUT2D eigenvalue weighted by atomic mass is 9.33. The topological polar surface area (TPSA) is 7.76 Å². The molecule has 0 aliphatic carbocycles. The average molecular weight is 370 g/mol. The van der Waals surface area contributed by atoms with Crippen molar-refractivity contribution in [1.29, 1.82) is 0 Å². The van der Waals surface area contributed by atoms with Crippen LogP contribution in [-0.2, 0) is 14.1 Å². The summed E-state index contributed by atoms with van der Waals surface area (Å²) < 4.78 is 4.67. The van der Waals surface area contributed by atoms with E-state index >= 15 is 0 Å². The van der Waals surface area contributed by atoms with Gasteiger partial charge in [0.25, 0.3) is 0 Å². The lowest BCUT2D eigenvalue weighted by Gasteiger charge is -2.29. The van der Waals surface area contributed by atoms with Crippen LogP contribution in [0.2, 0.25) is 0 Å². The summed E-state index contributed by atoms with van der Waals surface area (Å²) in [4.78, 5) is 0. The number of pyridine rings is 2. The number of hydrogen-bond acceptors (Lipinski definition) is 0. The number of aromatic nitrogens is 2. The van der Waals surface area contributed by atoms with Gasteiger partial charge >= 0.3 is 6.71 Å². The van der Waals surface area contributed by atoms with E-state index in [2.05, 4.69) is 102 Å². The Balaban J connectivity index is 1.80. The van der Waals surface area contributed by atoms with Crippen LogP contribution in [0.5, 0.6) is 0 Å². The molecule has 0 saturated carbocycles. The van der Waals surface area contributed by atoms with Gasteiger partial charge in [-0.15, -0.1) is 0 Å². The van der Waals surface area contributed by atoms with Gasteiger partial charge in [-0.3, -0.25) is 0 Å². The summed E-state index contributed by atoms with van der Waals surface area (Å²) in [5.74, 6) is 0. The Morgan fingerprint density at radius 3 is 1.52 bits per heavy atom. The molecule has 5 aromatic rings. The molecule has 0 bridgehead atoms. The molecule has 0 amide bonds. The lowest BCUT2D eigenvalue weighted by molar-refractivity contribution is -0.657. The first-order chi connectivity index (χ1) is 14.2. The van der Waals surface area contributed by atoms with E-state index < -0.39 is 0 Å². The van der Waals surface area contributed by atoms with E-state index in [1.165, 1.54) is 60.4 Å². The van der Waals surface area contributed by atoms with Crippen LogP contribution in [0.15, 0.2) is 79.1 Å². The SMILES string of the molecule is C[n+]1ccc2cccc3c2c1B1c2c-3cccc2-c2cccc3cc[n+](C)c1c23. The fraction of sp³-hybridized carbons (Fsp3) is 0.0769. The van der Waals surface area contributed by atoms with Gasteiger partial charge < -0.3 is 0 Å². The van der Waals surface area contributed by atoms with Crippen molar-refractivity contribution in [2.24, 2.45) is 14.1 Å². The predicted octanol–water partition coefficient (Wildman–Crippen LogP) is 2.12. The molecular weight excluding hydrogens is 351 g/mol. The van der Waals surface area contributed by atoms with E-state index in [9.17, 15) is 0 Å². The van der Waals surface area contributed by atoms with Crippen molar-refractivity contribution in [1.82, 2.24) is 0 Å². The molecule has 2 aliphatic heterocycles. The van der Waals surface area contributed by atoms with E-state index in [0.29, 0.717) is 0 Å². The second-order valence-corrected chi connectivity index (χ2v) is 8.36. The maximum atomic E-state index is 2.34. The van der Waals surface area contributed by atoms with Crippen molar-refractivity contribution in [2.75, 3.05) is 0 Å². The van der Waals surface area contributed by atoms with Gasteiger partial charge in [0, 0.05) is 22.9 Å². The van der Waals surface area contributed by atoms with Crippen LogP contribution in [0.3, 0.4) is 0 Å². The molecule has 4 heterocycles. The zero-order valence-corrected chi connectivity index (χ0v) is 16.5. The van der Waals surface area contributed by atoms with Gasteiger partial charge in [0.15, 0.2) is 23.6 Å². The first-order valence-electron chi connectivity index (χ1n) is 10.2. The molecule has 0 unspecified atom stereocenters. The summed E-state index contributed by atoms with van der Waals surface area (Å²) in [6.45, 7) is 0.230. The van der Waals surface area contributed by atoms with Crippen LogP contribution in [0.1, 0.15) is 0 Å². The first kappa shape index (κ1) is 15.5. The first-order valence-corrected chi connectivity index (χ1v) is 10.2. The van der Waals surface area contributed by atoms with E-state index in [4.69, 9.17) is 0 Å². The Morgan fingerprint density at radius 2 is 1.00 bits per heavy atom. The summed E-state index contributed by atoms with van der Waals surface area (Å²) in [7, 11) is 4.39. The fourth-order valence-corrected chi connectivity index (χ4v) is 5.78. The van der Waals surface area contributed by atoms with Gasteiger partial charge in [0.2, 0.25) is 0 Å². The van der Waals surface area contributed by atoms with Crippen molar-refractivity contribution < 1.29 is 9.13 Å². The van der Waals surface area contributed by atoms with Crippen molar-refractivity contribution in [3.05, 3.63) is 79.1 Å². The van der Waals surface area contributed by atoms with E-state index in [1.807, 2.05) is 0 Å². The molecule has 0 atom stereocenters. The minimum Gasteiger partial charge on any atom is -0.213 e. The molecule has 3 heteroatoms. The number of nitrogens with zero attached hydrogens (tertiary/aromatic N) is 2. The molecule has 0 fully saturated rings. The van der Waals surface area contributed by atoms with E-state index in [1.54, 1.807) is 0 Å². The van der Waals surface area contributed by atoms with Gasteiger partial charge in [0.1, 0.15) is 14.1 Å². The van der Waals surface area contributed by atoms with Crippen LogP contribution in [0.25, 0.3) is 43.8 Å². The van der Waals surface area contributed by atoms with Gasteiger partial charge in [-0.2, -0.15) is 0 Å². The summed E-state index contributed by atoms with van der Waals surface area (Å²) in [5, 5.41) is 5.42. The Labute approximate surface area is 169 Å². The maximum absolute atomic E-state index is 2.34. The number of benzene rings is 3. The Morgan fingerprint density at radius 1 is 0.552 bits per heavy atom.